The van der Waals surface area contributed by atoms with Gasteiger partial charge in [0.1, 0.15) is 11.8 Å². The molecule has 0 aromatic heterocycles. The quantitative estimate of drug-likeness (QED) is 0.703. The molecule has 5 nitrogen and oxygen atoms in total. The van der Waals surface area contributed by atoms with E-state index in [-0.39, 0.29) is 17.6 Å². The first-order valence-electron chi connectivity index (χ1n) is 5.50. The van der Waals surface area contributed by atoms with E-state index in [4.69, 9.17) is 0 Å². The molecule has 3 N–H and O–H groups in total. The second kappa shape index (κ2) is 4.86. The predicted molar refractivity (Wildman–Crippen MR) is 61.1 cm³/mol. The Kier molecular flexibility index (Phi) is 3.27. The molecular formula is C12H14N2O3. The Labute approximate surface area is 98.8 Å². The summed E-state index contributed by atoms with van der Waals surface area (Å²) in [5, 5.41) is 14.6. The molecular weight excluding hydrogens is 220 g/mol. The Balaban J connectivity index is 1.86. The third-order valence-electron chi connectivity index (χ3n) is 2.69. The molecule has 2 amide bonds. The van der Waals surface area contributed by atoms with E-state index < -0.39 is 6.04 Å². The van der Waals surface area contributed by atoms with Crippen LogP contribution < -0.4 is 10.6 Å². The van der Waals surface area contributed by atoms with Crippen LogP contribution in [-0.4, -0.2) is 23.0 Å². The molecule has 1 heterocycles. The van der Waals surface area contributed by atoms with Crippen molar-refractivity contribution in [3.8, 4) is 5.75 Å². The molecule has 1 aromatic carbocycles. The maximum atomic E-state index is 11.7. The van der Waals surface area contributed by atoms with E-state index in [0.29, 0.717) is 19.4 Å². The standard InChI is InChI=1S/C12H14N2O3/c15-9-3-1-2-8(6-9)7-13-12(17)10-4-5-11(16)14-10/h1-3,6,10,15H,4-5,7H2,(H,13,17)(H,14,16). The molecule has 1 aromatic rings. The molecule has 1 aliphatic heterocycles. The number of aromatic hydroxyl groups is 1. The fourth-order valence-electron chi connectivity index (χ4n) is 1.79. The van der Waals surface area contributed by atoms with E-state index in [9.17, 15) is 14.7 Å². The number of nitrogens with one attached hydrogen (secondary N) is 2. The fourth-order valence-corrected chi connectivity index (χ4v) is 1.79. The molecule has 90 valence electrons. The topological polar surface area (TPSA) is 78.4 Å². The Morgan fingerprint density at radius 3 is 3.00 bits per heavy atom. The number of rotatable bonds is 3. The molecule has 17 heavy (non-hydrogen) atoms. The summed E-state index contributed by atoms with van der Waals surface area (Å²) in [7, 11) is 0. The normalized spacial score (nSPS) is 18.8. The minimum atomic E-state index is -0.417. The summed E-state index contributed by atoms with van der Waals surface area (Å²) in [6, 6.07) is 6.28. The van der Waals surface area contributed by atoms with Crippen LogP contribution in [-0.2, 0) is 16.1 Å². The van der Waals surface area contributed by atoms with E-state index in [0.717, 1.165) is 5.56 Å². The molecule has 1 aliphatic rings. The van der Waals surface area contributed by atoms with Crippen molar-refractivity contribution >= 4 is 11.8 Å². The highest BCUT2D eigenvalue weighted by Gasteiger charge is 2.26. The summed E-state index contributed by atoms with van der Waals surface area (Å²) in [4.78, 5) is 22.6. The van der Waals surface area contributed by atoms with Crippen LogP contribution in [0.5, 0.6) is 5.75 Å². The molecule has 1 atom stereocenters. The molecule has 2 rings (SSSR count). The lowest BCUT2D eigenvalue weighted by Gasteiger charge is -2.10. The molecule has 1 unspecified atom stereocenters. The Morgan fingerprint density at radius 2 is 2.35 bits per heavy atom. The zero-order chi connectivity index (χ0) is 12.3. The van der Waals surface area contributed by atoms with Crippen molar-refractivity contribution in [1.29, 1.82) is 0 Å². The van der Waals surface area contributed by atoms with Crippen molar-refractivity contribution in [2.45, 2.75) is 25.4 Å². The van der Waals surface area contributed by atoms with Gasteiger partial charge < -0.3 is 15.7 Å². The number of carbonyl (C=O) groups excluding carboxylic acids is 2. The molecule has 0 radical (unpaired) electrons. The number of phenolic OH excluding ortho intramolecular Hbond substituents is 1. The maximum Gasteiger partial charge on any atom is 0.242 e. The summed E-state index contributed by atoms with van der Waals surface area (Å²) in [5.74, 6) is -0.0902. The summed E-state index contributed by atoms with van der Waals surface area (Å²) >= 11 is 0. The summed E-state index contributed by atoms with van der Waals surface area (Å²) in [5.41, 5.74) is 0.822. The first kappa shape index (κ1) is 11.4. The van der Waals surface area contributed by atoms with Gasteiger partial charge in [0.25, 0.3) is 0 Å². The third-order valence-corrected chi connectivity index (χ3v) is 2.69. The second-order valence-electron chi connectivity index (χ2n) is 4.05. The lowest BCUT2D eigenvalue weighted by molar-refractivity contribution is -0.125. The minimum Gasteiger partial charge on any atom is -0.508 e. The molecule has 5 heteroatoms. The van der Waals surface area contributed by atoms with Gasteiger partial charge in [-0.1, -0.05) is 12.1 Å². The molecule has 1 saturated heterocycles. The van der Waals surface area contributed by atoms with Gasteiger partial charge >= 0.3 is 0 Å². The van der Waals surface area contributed by atoms with E-state index in [2.05, 4.69) is 10.6 Å². The zero-order valence-corrected chi connectivity index (χ0v) is 9.27. The highest BCUT2D eigenvalue weighted by atomic mass is 16.3. The maximum absolute atomic E-state index is 11.7. The Bertz CT molecular complexity index is 445. The van der Waals surface area contributed by atoms with Gasteiger partial charge in [0.15, 0.2) is 0 Å². The van der Waals surface area contributed by atoms with Crippen molar-refractivity contribution in [3.05, 3.63) is 29.8 Å². The van der Waals surface area contributed by atoms with Gasteiger partial charge in [0, 0.05) is 13.0 Å². The average molecular weight is 234 g/mol. The van der Waals surface area contributed by atoms with Crippen LogP contribution in [0.1, 0.15) is 18.4 Å². The van der Waals surface area contributed by atoms with Crippen LogP contribution in [0.25, 0.3) is 0 Å². The van der Waals surface area contributed by atoms with Crippen LogP contribution in [0, 0.1) is 0 Å². The van der Waals surface area contributed by atoms with Crippen molar-refractivity contribution in [2.24, 2.45) is 0 Å². The van der Waals surface area contributed by atoms with Crippen LogP contribution in [0.15, 0.2) is 24.3 Å². The Hall–Kier alpha value is -2.04. The Morgan fingerprint density at radius 1 is 1.53 bits per heavy atom. The highest BCUT2D eigenvalue weighted by Crippen LogP contribution is 2.11. The average Bonchev–Trinajstić information content (AvgIpc) is 2.73. The van der Waals surface area contributed by atoms with Crippen molar-refractivity contribution in [2.75, 3.05) is 0 Å². The van der Waals surface area contributed by atoms with Gasteiger partial charge in [-0.25, -0.2) is 0 Å². The molecule has 0 bridgehead atoms. The molecule has 1 fully saturated rings. The number of amides is 2. The monoisotopic (exact) mass is 234 g/mol. The highest BCUT2D eigenvalue weighted by molar-refractivity contribution is 5.90. The smallest absolute Gasteiger partial charge is 0.242 e. The number of hydrogen-bond acceptors (Lipinski definition) is 3. The van der Waals surface area contributed by atoms with Gasteiger partial charge in [-0.3, -0.25) is 9.59 Å². The third kappa shape index (κ3) is 2.96. The SMILES string of the molecule is O=C1CCC(C(=O)NCc2cccc(O)c2)N1. The molecule has 0 aliphatic carbocycles. The largest absolute Gasteiger partial charge is 0.508 e. The molecule has 0 spiro atoms. The number of benzene rings is 1. The van der Waals surface area contributed by atoms with Crippen LogP contribution in [0.2, 0.25) is 0 Å². The minimum absolute atomic E-state index is 0.0810. The van der Waals surface area contributed by atoms with E-state index in [1.165, 1.54) is 0 Å². The fraction of sp³-hybridized carbons (Fsp3) is 0.333. The first-order chi connectivity index (χ1) is 8.15. The molecule has 0 saturated carbocycles. The number of hydrogen-bond donors (Lipinski definition) is 3. The lowest BCUT2D eigenvalue weighted by Crippen LogP contribution is -2.41. The van der Waals surface area contributed by atoms with Gasteiger partial charge in [0.2, 0.25) is 11.8 Å². The summed E-state index contributed by atoms with van der Waals surface area (Å²) in [6.45, 7) is 0.347. The van der Waals surface area contributed by atoms with Gasteiger partial charge in [-0.2, -0.15) is 0 Å². The lowest BCUT2D eigenvalue weighted by atomic mass is 10.2. The van der Waals surface area contributed by atoms with Crippen LogP contribution >= 0.6 is 0 Å². The van der Waals surface area contributed by atoms with Gasteiger partial charge in [0.05, 0.1) is 0 Å². The van der Waals surface area contributed by atoms with E-state index >= 15 is 0 Å². The van der Waals surface area contributed by atoms with E-state index in [1.54, 1.807) is 18.2 Å². The van der Waals surface area contributed by atoms with Crippen molar-refractivity contribution in [1.82, 2.24) is 10.6 Å². The number of carbonyl (C=O) groups is 2. The number of phenols is 1. The van der Waals surface area contributed by atoms with Crippen molar-refractivity contribution < 1.29 is 14.7 Å². The van der Waals surface area contributed by atoms with Crippen LogP contribution in [0.3, 0.4) is 0 Å². The summed E-state index contributed by atoms with van der Waals surface area (Å²) < 4.78 is 0. The van der Waals surface area contributed by atoms with Gasteiger partial charge in [-0.05, 0) is 24.1 Å². The van der Waals surface area contributed by atoms with Crippen molar-refractivity contribution in [3.63, 3.8) is 0 Å². The van der Waals surface area contributed by atoms with Gasteiger partial charge in [-0.15, -0.1) is 0 Å². The predicted octanol–water partition coefficient (Wildman–Crippen LogP) is 0.287. The summed E-state index contributed by atoms with van der Waals surface area (Å²) in [6.07, 6.45) is 0.953. The second-order valence-corrected chi connectivity index (χ2v) is 4.05. The zero-order valence-electron chi connectivity index (χ0n) is 9.27. The van der Waals surface area contributed by atoms with Crippen LogP contribution in [0.4, 0.5) is 0 Å². The van der Waals surface area contributed by atoms with E-state index in [1.807, 2.05) is 6.07 Å². The first-order valence-corrected chi connectivity index (χ1v) is 5.50.